The zero-order chi connectivity index (χ0) is 10.3. The number of nitrogens with one attached hydrogen (secondary N) is 1. The van der Waals surface area contributed by atoms with Gasteiger partial charge in [-0.2, -0.15) is 0 Å². The summed E-state index contributed by atoms with van der Waals surface area (Å²) in [5.74, 6) is 0. The van der Waals surface area contributed by atoms with E-state index in [0.717, 1.165) is 11.4 Å². The molecule has 0 atom stereocenters. The summed E-state index contributed by atoms with van der Waals surface area (Å²) in [5.41, 5.74) is 8.87. The van der Waals surface area contributed by atoms with Gasteiger partial charge in [-0.15, -0.1) is 71.9 Å². The Morgan fingerprint density at radius 2 is 1.50 bits per heavy atom. The number of nitrogen functional groups attached to an aromatic ring is 1. The van der Waals surface area contributed by atoms with Gasteiger partial charge in [0.2, 0.25) is 0 Å². The quantitative estimate of drug-likeness (QED) is 0.272. The number of para-hydroxylation sites is 1. The lowest BCUT2D eigenvalue weighted by molar-refractivity contribution is 1.32. The van der Waals surface area contributed by atoms with Gasteiger partial charge in [-0.25, -0.2) is 0 Å². The number of hydrogen-bond donors (Lipinski definition) is 2. The molecule has 1 heterocycles. The molecule has 2 aromatic rings. The van der Waals surface area contributed by atoms with Crippen LogP contribution >= 0.6 is 83.7 Å². The largest absolute Gasteiger partial charge is 0.399 e. The second-order valence-corrected chi connectivity index (χ2v) is 4.56. The molecule has 1 aliphatic rings. The third kappa shape index (κ3) is 3.79. The van der Waals surface area contributed by atoms with E-state index in [4.69, 9.17) is 5.73 Å². The van der Waals surface area contributed by atoms with Crippen molar-refractivity contribution in [2.45, 2.75) is 9.79 Å². The van der Waals surface area contributed by atoms with Crippen LogP contribution in [-0.4, -0.2) is 0 Å². The molecule has 0 aromatic heterocycles. The van der Waals surface area contributed by atoms with Crippen LogP contribution in [0, 0.1) is 0 Å². The second-order valence-electron chi connectivity index (χ2n) is 3.48. The average Bonchev–Trinajstić information content (AvgIpc) is 2.26. The number of hydrogen-bond acceptors (Lipinski definition) is 3. The lowest BCUT2D eigenvalue weighted by atomic mass is 10.2. The predicted molar refractivity (Wildman–Crippen MR) is 111 cm³/mol. The third-order valence-corrected chi connectivity index (χ3v) is 3.52. The maximum Gasteiger partial charge on any atom is 0.0527 e. The Kier molecular flexibility index (Phi) is 8.26. The first-order chi connectivity index (χ1) is 7.33. The molecule has 0 fully saturated rings. The molecule has 3 N–H and O–H groups in total. The lowest BCUT2D eigenvalue weighted by Gasteiger charge is -2.20. The van der Waals surface area contributed by atoms with Gasteiger partial charge in [-0.05, 0) is 30.3 Å². The molecule has 3 rings (SSSR count). The van der Waals surface area contributed by atoms with E-state index in [1.165, 1.54) is 15.5 Å². The van der Waals surface area contributed by atoms with E-state index in [-0.39, 0.29) is 71.9 Å². The monoisotopic (exact) mass is 598 g/mol. The molecule has 0 saturated heterocycles. The molecular weight excluding hydrogens is 585 g/mol. The van der Waals surface area contributed by atoms with Gasteiger partial charge in [0.25, 0.3) is 0 Å². The van der Waals surface area contributed by atoms with Crippen LogP contribution in [0.25, 0.3) is 0 Å². The number of nitrogens with two attached hydrogens (primary N) is 1. The molecule has 0 radical (unpaired) electrons. The molecule has 6 heteroatoms. The summed E-state index contributed by atoms with van der Waals surface area (Å²) < 4.78 is 0. The van der Waals surface area contributed by atoms with Crippen LogP contribution in [0.4, 0.5) is 17.1 Å². The minimum atomic E-state index is 0. The summed E-state index contributed by atoms with van der Waals surface area (Å²) in [6.07, 6.45) is 0. The van der Waals surface area contributed by atoms with Crippen LogP contribution < -0.4 is 11.1 Å². The number of anilines is 3. The zero-order valence-electron chi connectivity index (χ0n) is 9.25. The normalized spacial score (nSPS) is 10.4. The van der Waals surface area contributed by atoms with Crippen molar-refractivity contribution in [3.63, 3.8) is 0 Å². The fourth-order valence-corrected chi connectivity index (χ4v) is 2.69. The summed E-state index contributed by atoms with van der Waals surface area (Å²) in [6, 6.07) is 14.2. The van der Waals surface area contributed by atoms with Crippen molar-refractivity contribution in [1.82, 2.24) is 0 Å². The summed E-state index contributed by atoms with van der Waals surface area (Å²) in [5, 5.41) is 3.39. The maximum atomic E-state index is 5.76. The van der Waals surface area contributed by atoms with Crippen LogP contribution in [0.2, 0.25) is 0 Å². The fourth-order valence-electron chi connectivity index (χ4n) is 1.65. The van der Waals surface area contributed by atoms with E-state index in [1.54, 1.807) is 11.8 Å². The fraction of sp³-hybridized carbons (Fsp3) is 0. The van der Waals surface area contributed by atoms with Crippen molar-refractivity contribution in [2.24, 2.45) is 0 Å². The highest BCUT2D eigenvalue weighted by Crippen LogP contribution is 2.44. The van der Waals surface area contributed by atoms with Crippen LogP contribution in [0.1, 0.15) is 0 Å². The molecule has 98 valence electrons. The Bertz CT molecular complexity index is 534. The molecule has 18 heavy (non-hydrogen) atoms. The van der Waals surface area contributed by atoms with Crippen molar-refractivity contribution in [3.8, 4) is 0 Å². The molecule has 2 nitrogen and oxygen atoms in total. The number of benzene rings is 2. The standard InChI is InChI=1S/C12H10N2S.3HI/c13-8-5-6-10-12(7-8)15-11-4-2-1-3-9(11)14-10;;;/h1-7,14H,13H2;3*1H. The smallest absolute Gasteiger partial charge is 0.0527 e. The Hall–Kier alpha value is 0.580. The van der Waals surface area contributed by atoms with E-state index in [9.17, 15) is 0 Å². The molecule has 0 aliphatic carbocycles. The topological polar surface area (TPSA) is 38.0 Å². The molecule has 0 bridgehead atoms. The van der Waals surface area contributed by atoms with Gasteiger partial charge in [-0.1, -0.05) is 23.9 Å². The minimum Gasteiger partial charge on any atom is -0.399 e. The van der Waals surface area contributed by atoms with E-state index in [1.807, 2.05) is 30.3 Å². The second kappa shape index (κ2) is 8.00. The molecule has 2 aromatic carbocycles. The third-order valence-electron chi connectivity index (χ3n) is 2.38. The number of rotatable bonds is 0. The SMILES string of the molecule is I.I.I.Nc1ccc2c(c1)Sc1ccccc1N2. The van der Waals surface area contributed by atoms with Crippen molar-refractivity contribution in [2.75, 3.05) is 11.1 Å². The summed E-state index contributed by atoms with van der Waals surface area (Å²) in [4.78, 5) is 2.43. The Morgan fingerprint density at radius 3 is 2.28 bits per heavy atom. The highest BCUT2D eigenvalue weighted by atomic mass is 127. The van der Waals surface area contributed by atoms with Crippen LogP contribution in [-0.2, 0) is 0 Å². The highest BCUT2D eigenvalue weighted by Gasteiger charge is 2.14. The first-order valence-electron chi connectivity index (χ1n) is 4.76. The number of fused-ring (bicyclic) bond motifs is 2. The van der Waals surface area contributed by atoms with E-state index in [2.05, 4.69) is 17.4 Å². The molecule has 0 unspecified atom stereocenters. The number of halogens is 3. The molecule has 0 amide bonds. The van der Waals surface area contributed by atoms with Gasteiger partial charge in [-0.3, -0.25) is 0 Å². The van der Waals surface area contributed by atoms with Gasteiger partial charge < -0.3 is 11.1 Å². The maximum absolute atomic E-state index is 5.76. The average molecular weight is 598 g/mol. The lowest BCUT2D eigenvalue weighted by Crippen LogP contribution is -1.99. The first-order valence-corrected chi connectivity index (χ1v) is 5.58. The predicted octanol–water partition coefficient (Wildman–Crippen LogP) is 5.33. The molecular formula is C12H13I3N2S. The van der Waals surface area contributed by atoms with Gasteiger partial charge in [0.15, 0.2) is 0 Å². The van der Waals surface area contributed by atoms with Gasteiger partial charge in [0.05, 0.1) is 11.4 Å². The summed E-state index contributed by atoms with van der Waals surface area (Å²) in [7, 11) is 0. The van der Waals surface area contributed by atoms with Crippen molar-refractivity contribution in [3.05, 3.63) is 42.5 Å². The summed E-state index contributed by atoms with van der Waals surface area (Å²) >= 11 is 1.75. The minimum absolute atomic E-state index is 0. The van der Waals surface area contributed by atoms with Crippen LogP contribution in [0.5, 0.6) is 0 Å². The Morgan fingerprint density at radius 1 is 0.833 bits per heavy atom. The Labute approximate surface area is 162 Å². The van der Waals surface area contributed by atoms with E-state index < -0.39 is 0 Å². The van der Waals surface area contributed by atoms with Gasteiger partial charge in [0.1, 0.15) is 0 Å². The summed E-state index contributed by atoms with van der Waals surface area (Å²) in [6.45, 7) is 0. The first kappa shape index (κ1) is 18.6. The Balaban J connectivity index is 0.000000963. The van der Waals surface area contributed by atoms with Crippen molar-refractivity contribution in [1.29, 1.82) is 0 Å². The van der Waals surface area contributed by atoms with E-state index in [0.29, 0.717) is 0 Å². The van der Waals surface area contributed by atoms with Gasteiger partial charge in [0, 0.05) is 15.5 Å². The van der Waals surface area contributed by atoms with Crippen molar-refractivity contribution >= 4 is 101 Å². The highest BCUT2D eigenvalue weighted by molar-refractivity contribution is 14.0. The van der Waals surface area contributed by atoms with E-state index >= 15 is 0 Å². The molecule has 0 spiro atoms. The van der Waals surface area contributed by atoms with Crippen LogP contribution in [0.15, 0.2) is 52.3 Å². The molecule has 1 aliphatic heterocycles. The van der Waals surface area contributed by atoms with Crippen molar-refractivity contribution < 1.29 is 0 Å². The molecule has 0 saturated carbocycles. The van der Waals surface area contributed by atoms with Crippen LogP contribution in [0.3, 0.4) is 0 Å². The van der Waals surface area contributed by atoms with Gasteiger partial charge >= 0.3 is 0 Å². The zero-order valence-corrected chi connectivity index (χ0v) is 17.1.